The molecule has 2 rings (SSSR count). The Morgan fingerprint density at radius 2 is 1.95 bits per heavy atom. The van der Waals surface area contributed by atoms with E-state index in [4.69, 9.17) is 5.11 Å². The van der Waals surface area contributed by atoms with Crippen LogP contribution in [0.15, 0.2) is 30.5 Å². The first-order valence-corrected chi connectivity index (χ1v) is 6.33. The van der Waals surface area contributed by atoms with Gasteiger partial charge in [-0.25, -0.2) is 9.78 Å². The van der Waals surface area contributed by atoms with E-state index in [1.807, 2.05) is 11.5 Å². The number of aryl methyl sites for hydroxylation is 1. The molecular formula is C15H18N2O2. The highest BCUT2D eigenvalue weighted by atomic mass is 16.4. The van der Waals surface area contributed by atoms with E-state index in [1.165, 1.54) is 5.56 Å². The van der Waals surface area contributed by atoms with Gasteiger partial charge >= 0.3 is 5.97 Å². The molecule has 1 N–H and O–H groups in total. The molecule has 0 aliphatic heterocycles. The summed E-state index contributed by atoms with van der Waals surface area (Å²) < 4.78 is 1.85. The van der Waals surface area contributed by atoms with Crippen molar-refractivity contribution < 1.29 is 9.90 Å². The number of carbonyl (C=O) groups is 1. The Hall–Kier alpha value is -2.10. The van der Waals surface area contributed by atoms with Gasteiger partial charge in [0, 0.05) is 12.7 Å². The third kappa shape index (κ3) is 3.02. The van der Waals surface area contributed by atoms with E-state index in [-0.39, 0.29) is 5.69 Å². The zero-order chi connectivity index (χ0) is 14.0. The van der Waals surface area contributed by atoms with Gasteiger partial charge in [0.15, 0.2) is 5.69 Å². The van der Waals surface area contributed by atoms with Crippen molar-refractivity contribution in [3.8, 4) is 0 Å². The fourth-order valence-electron chi connectivity index (χ4n) is 1.98. The Labute approximate surface area is 112 Å². The smallest absolute Gasteiger partial charge is 0.356 e. The molecule has 100 valence electrons. The highest BCUT2D eigenvalue weighted by Crippen LogP contribution is 2.16. The number of aromatic carboxylic acids is 1. The van der Waals surface area contributed by atoms with Crippen molar-refractivity contribution in [3.63, 3.8) is 0 Å². The molecule has 0 aliphatic rings. The topological polar surface area (TPSA) is 55.1 Å². The maximum Gasteiger partial charge on any atom is 0.356 e. The highest BCUT2D eigenvalue weighted by Gasteiger charge is 2.10. The first kappa shape index (κ1) is 13.3. The van der Waals surface area contributed by atoms with Crippen LogP contribution in [0.3, 0.4) is 0 Å². The summed E-state index contributed by atoms with van der Waals surface area (Å²) in [6, 6.07) is 8.39. The molecule has 4 nitrogen and oxygen atoms in total. The van der Waals surface area contributed by atoms with Crippen LogP contribution in [-0.2, 0) is 6.54 Å². The van der Waals surface area contributed by atoms with E-state index < -0.39 is 5.97 Å². The molecule has 2 aromatic rings. The van der Waals surface area contributed by atoms with Crippen LogP contribution in [0, 0.1) is 6.92 Å². The molecule has 0 radical (unpaired) electrons. The van der Waals surface area contributed by atoms with Crippen LogP contribution < -0.4 is 0 Å². The molecule has 19 heavy (non-hydrogen) atoms. The molecule has 0 bridgehead atoms. The number of nitrogens with zero attached hydrogens (tertiary/aromatic N) is 2. The molecule has 4 heteroatoms. The van der Waals surface area contributed by atoms with Gasteiger partial charge in [-0.1, -0.05) is 38.1 Å². The lowest BCUT2D eigenvalue weighted by molar-refractivity contribution is 0.0691. The van der Waals surface area contributed by atoms with Gasteiger partial charge < -0.3 is 9.67 Å². The van der Waals surface area contributed by atoms with Crippen LogP contribution in [0.5, 0.6) is 0 Å². The molecule has 1 heterocycles. The van der Waals surface area contributed by atoms with Gasteiger partial charge in [0.2, 0.25) is 0 Å². The van der Waals surface area contributed by atoms with Crippen molar-refractivity contribution in [1.29, 1.82) is 0 Å². The number of hydrogen-bond acceptors (Lipinski definition) is 2. The molecule has 0 unspecified atom stereocenters. The van der Waals surface area contributed by atoms with Crippen molar-refractivity contribution in [1.82, 2.24) is 9.55 Å². The molecule has 0 amide bonds. The minimum Gasteiger partial charge on any atom is -0.476 e. The first-order chi connectivity index (χ1) is 8.97. The largest absolute Gasteiger partial charge is 0.476 e. The minimum atomic E-state index is -0.989. The van der Waals surface area contributed by atoms with Crippen LogP contribution in [0.2, 0.25) is 0 Å². The lowest BCUT2D eigenvalue weighted by Crippen LogP contribution is -2.01. The van der Waals surface area contributed by atoms with Crippen molar-refractivity contribution in [3.05, 3.63) is 53.1 Å². The number of carboxylic acids is 1. The first-order valence-electron chi connectivity index (χ1n) is 6.33. The second kappa shape index (κ2) is 5.26. The van der Waals surface area contributed by atoms with Crippen molar-refractivity contribution >= 4 is 5.97 Å². The maximum atomic E-state index is 10.9. The Morgan fingerprint density at radius 1 is 1.32 bits per heavy atom. The van der Waals surface area contributed by atoms with E-state index in [2.05, 4.69) is 43.1 Å². The van der Waals surface area contributed by atoms with E-state index in [9.17, 15) is 4.79 Å². The monoisotopic (exact) mass is 258 g/mol. The minimum absolute atomic E-state index is 0.0938. The second-order valence-electron chi connectivity index (χ2n) is 5.00. The average Bonchev–Trinajstić information content (AvgIpc) is 2.72. The van der Waals surface area contributed by atoms with E-state index in [0.717, 1.165) is 5.56 Å². The molecular weight excluding hydrogens is 240 g/mol. The molecule has 1 aromatic carbocycles. The molecule has 0 atom stereocenters. The fourth-order valence-corrected chi connectivity index (χ4v) is 1.98. The number of imidazole rings is 1. The van der Waals surface area contributed by atoms with Crippen molar-refractivity contribution in [2.75, 3.05) is 0 Å². The molecule has 0 spiro atoms. The van der Waals surface area contributed by atoms with Crippen molar-refractivity contribution in [2.45, 2.75) is 33.2 Å². The lowest BCUT2D eigenvalue weighted by atomic mass is 10.0. The van der Waals surface area contributed by atoms with Gasteiger partial charge in [-0.2, -0.15) is 0 Å². The van der Waals surface area contributed by atoms with Gasteiger partial charge in [-0.15, -0.1) is 0 Å². The molecule has 1 aromatic heterocycles. The van der Waals surface area contributed by atoms with E-state index in [0.29, 0.717) is 18.3 Å². The van der Waals surface area contributed by atoms with Crippen LogP contribution >= 0.6 is 0 Å². The fraction of sp³-hybridized carbons (Fsp3) is 0.333. The zero-order valence-electron chi connectivity index (χ0n) is 11.4. The van der Waals surface area contributed by atoms with Crippen LogP contribution in [0.25, 0.3) is 0 Å². The van der Waals surface area contributed by atoms with Gasteiger partial charge in [0.25, 0.3) is 0 Å². The summed E-state index contributed by atoms with van der Waals surface area (Å²) in [5.41, 5.74) is 2.54. The number of carboxylic acid groups (broad SMARTS) is 1. The Kier molecular flexibility index (Phi) is 3.69. The SMILES string of the molecule is Cc1nc(C(=O)O)cn1Cc1ccc(C(C)C)cc1. The summed E-state index contributed by atoms with van der Waals surface area (Å²) in [5.74, 6) is 0.241. The van der Waals surface area contributed by atoms with Crippen LogP contribution in [0.4, 0.5) is 0 Å². The molecule has 0 saturated heterocycles. The van der Waals surface area contributed by atoms with Gasteiger partial charge in [-0.05, 0) is 24.0 Å². The maximum absolute atomic E-state index is 10.9. The number of rotatable bonds is 4. The second-order valence-corrected chi connectivity index (χ2v) is 5.00. The summed E-state index contributed by atoms with van der Waals surface area (Å²) in [4.78, 5) is 14.9. The zero-order valence-corrected chi connectivity index (χ0v) is 11.4. The normalized spacial score (nSPS) is 10.9. The van der Waals surface area contributed by atoms with Crippen LogP contribution in [0.1, 0.15) is 47.2 Å². The Bertz CT molecular complexity index is 583. The summed E-state index contributed by atoms with van der Waals surface area (Å²) in [6.07, 6.45) is 1.58. The lowest BCUT2D eigenvalue weighted by Gasteiger charge is -2.08. The Morgan fingerprint density at radius 3 is 2.42 bits per heavy atom. The Balaban J connectivity index is 2.19. The predicted molar refractivity (Wildman–Crippen MR) is 73.6 cm³/mol. The third-order valence-corrected chi connectivity index (χ3v) is 3.19. The average molecular weight is 258 g/mol. The summed E-state index contributed by atoms with van der Waals surface area (Å²) in [6.45, 7) is 6.78. The van der Waals surface area contributed by atoms with E-state index in [1.54, 1.807) is 6.20 Å². The number of hydrogen-bond donors (Lipinski definition) is 1. The predicted octanol–water partition coefficient (Wildman–Crippen LogP) is 3.06. The molecule has 0 aliphatic carbocycles. The summed E-state index contributed by atoms with van der Waals surface area (Å²) >= 11 is 0. The number of aromatic nitrogens is 2. The number of benzene rings is 1. The standard InChI is InChI=1S/C15H18N2O2/c1-10(2)13-6-4-12(5-7-13)8-17-9-14(15(18)19)16-11(17)3/h4-7,9-10H,8H2,1-3H3,(H,18,19). The third-order valence-electron chi connectivity index (χ3n) is 3.19. The summed E-state index contributed by atoms with van der Waals surface area (Å²) in [7, 11) is 0. The van der Waals surface area contributed by atoms with Gasteiger partial charge in [-0.3, -0.25) is 0 Å². The van der Waals surface area contributed by atoms with Crippen molar-refractivity contribution in [2.24, 2.45) is 0 Å². The molecule has 0 saturated carbocycles. The van der Waals surface area contributed by atoms with Gasteiger partial charge in [0.1, 0.15) is 5.82 Å². The highest BCUT2D eigenvalue weighted by molar-refractivity contribution is 5.85. The summed E-state index contributed by atoms with van der Waals surface area (Å²) in [5, 5.41) is 8.91. The van der Waals surface area contributed by atoms with Gasteiger partial charge in [0.05, 0.1) is 0 Å². The molecule has 0 fully saturated rings. The van der Waals surface area contributed by atoms with Crippen LogP contribution in [-0.4, -0.2) is 20.6 Å². The quantitative estimate of drug-likeness (QED) is 0.917. The van der Waals surface area contributed by atoms with E-state index >= 15 is 0 Å².